The number of piperazine rings is 1. The molecule has 12 heteroatoms. The van der Waals surface area contributed by atoms with Gasteiger partial charge in [0, 0.05) is 62.6 Å². The largest absolute Gasteiger partial charge is 0.465 e. The molecule has 0 saturated carbocycles. The average Bonchev–Trinajstić information content (AvgIpc) is 2.90. The summed E-state index contributed by atoms with van der Waals surface area (Å²) in [5.74, 6) is -0.484. The van der Waals surface area contributed by atoms with Crippen molar-refractivity contribution in [2.24, 2.45) is 11.7 Å². The lowest BCUT2D eigenvalue weighted by Gasteiger charge is -2.42. The highest BCUT2D eigenvalue weighted by molar-refractivity contribution is 6.09. The van der Waals surface area contributed by atoms with Gasteiger partial charge in [0.05, 0.1) is 34.8 Å². The molecule has 2 aromatic heterocycles. The van der Waals surface area contributed by atoms with E-state index in [1.807, 2.05) is 24.0 Å². The van der Waals surface area contributed by atoms with Gasteiger partial charge < -0.3 is 41.9 Å². The summed E-state index contributed by atoms with van der Waals surface area (Å²) in [4.78, 5) is 40.1. The summed E-state index contributed by atoms with van der Waals surface area (Å²) in [5, 5.41) is 15.5. The quantitative estimate of drug-likeness (QED) is 0.325. The van der Waals surface area contributed by atoms with Gasteiger partial charge in [0.2, 0.25) is 0 Å². The predicted octanol–water partition coefficient (Wildman–Crippen LogP) is 1.64. The smallest absolute Gasteiger partial charge is 0.404 e. The number of nitrogens with zero attached hydrogens (tertiary/aromatic N) is 5. The number of nitrogen functional groups attached to an aromatic ring is 1. The zero-order valence-corrected chi connectivity index (χ0v) is 22.2. The van der Waals surface area contributed by atoms with E-state index in [0.717, 1.165) is 42.9 Å². The van der Waals surface area contributed by atoms with Crippen LogP contribution in [0.4, 0.5) is 27.5 Å². The third-order valence-electron chi connectivity index (χ3n) is 7.61. The van der Waals surface area contributed by atoms with Gasteiger partial charge in [-0.15, -0.1) is 0 Å². The first-order valence-electron chi connectivity index (χ1n) is 13.1. The number of carbonyl (C=O) groups is 2. The first-order valence-corrected chi connectivity index (χ1v) is 13.1. The zero-order valence-electron chi connectivity index (χ0n) is 22.2. The summed E-state index contributed by atoms with van der Waals surface area (Å²) in [6.45, 7) is 6.75. The van der Waals surface area contributed by atoms with Gasteiger partial charge in [-0.25, -0.2) is 9.78 Å². The van der Waals surface area contributed by atoms with E-state index < -0.39 is 18.0 Å². The summed E-state index contributed by atoms with van der Waals surface area (Å²) >= 11 is 0. The number of fused-ring (bicyclic) bond motifs is 1. The summed E-state index contributed by atoms with van der Waals surface area (Å²) in [6, 6.07) is 8.85. The number of aromatic nitrogens is 2. The molecule has 0 aliphatic carbocycles. The third-order valence-corrected chi connectivity index (χ3v) is 7.61. The molecule has 3 atom stereocenters. The lowest BCUT2D eigenvalue weighted by Crippen LogP contribution is -2.61. The van der Waals surface area contributed by atoms with Crippen LogP contribution in [0.15, 0.2) is 42.7 Å². The maximum absolute atomic E-state index is 13.4. The summed E-state index contributed by atoms with van der Waals surface area (Å²) < 4.78 is 0. The number of hydrogen-bond donors (Lipinski definition) is 5. The predicted molar refractivity (Wildman–Crippen MR) is 152 cm³/mol. The molecule has 2 saturated heterocycles. The minimum absolute atomic E-state index is 0.0473. The Hall–Kier alpha value is -4.16. The second-order valence-electron chi connectivity index (χ2n) is 10.5. The van der Waals surface area contributed by atoms with Crippen LogP contribution in [0.2, 0.25) is 0 Å². The molecule has 7 N–H and O–H groups in total. The number of amides is 2. The fraction of sp³-hybridized carbons (Fsp3) is 0.407. The molecule has 1 aromatic carbocycles. The number of benzene rings is 1. The Morgan fingerprint density at radius 3 is 2.56 bits per heavy atom. The molecular weight excluding hydrogens is 498 g/mol. The van der Waals surface area contributed by atoms with E-state index in [1.165, 1.54) is 0 Å². The molecule has 0 bridgehead atoms. The van der Waals surface area contributed by atoms with Crippen LogP contribution in [0.25, 0.3) is 10.9 Å². The number of rotatable bonds is 5. The number of carbonyl (C=O) groups excluding carboxylic acids is 1. The monoisotopic (exact) mass is 533 g/mol. The molecule has 39 heavy (non-hydrogen) atoms. The van der Waals surface area contributed by atoms with Gasteiger partial charge in [-0.3, -0.25) is 9.78 Å². The fourth-order valence-electron chi connectivity index (χ4n) is 5.47. The van der Waals surface area contributed by atoms with Crippen molar-refractivity contribution in [3.63, 3.8) is 0 Å². The molecule has 2 aliphatic rings. The van der Waals surface area contributed by atoms with Crippen LogP contribution in [0.3, 0.4) is 0 Å². The number of hydrogen-bond acceptors (Lipinski definition) is 9. The second kappa shape index (κ2) is 10.9. The molecule has 2 fully saturated rings. The van der Waals surface area contributed by atoms with E-state index in [1.54, 1.807) is 24.5 Å². The molecule has 206 valence electrons. The molecule has 2 amide bonds. The molecular formula is C27H35N9O3. The minimum Gasteiger partial charge on any atom is -0.465 e. The third kappa shape index (κ3) is 5.66. The van der Waals surface area contributed by atoms with Crippen LogP contribution in [0.5, 0.6) is 0 Å². The first kappa shape index (κ1) is 26.4. The van der Waals surface area contributed by atoms with E-state index >= 15 is 0 Å². The van der Waals surface area contributed by atoms with E-state index in [9.17, 15) is 9.59 Å². The highest BCUT2D eigenvalue weighted by Gasteiger charge is 2.34. The molecule has 5 rings (SSSR count). The number of carboxylic acid groups (broad SMARTS) is 1. The van der Waals surface area contributed by atoms with E-state index in [2.05, 4.69) is 43.5 Å². The van der Waals surface area contributed by atoms with E-state index in [4.69, 9.17) is 16.6 Å². The van der Waals surface area contributed by atoms with Gasteiger partial charge in [-0.1, -0.05) is 13.0 Å². The second-order valence-corrected chi connectivity index (χ2v) is 10.5. The number of pyridine rings is 2. The van der Waals surface area contributed by atoms with Crippen LogP contribution in [-0.4, -0.2) is 90.4 Å². The van der Waals surface area contributed by atoms with Crippen molar-refractivity contribution >= 4 is 45.7 Å². The first-order chi connectivity index (χ1) is 18.7. The Kier molecular flexibility index (Phi) is 7.40. The molecule has 0 unspecified atom stereocenters. The molecule has 12 nitrogen and oxygen atoms in total. The summed E-state index contributed by atoms with van der Waals surface area (Å²) in [6.07, 6.45) is 2.13. The van der Waals surface area contributed by atoms with Gasteiger partial charge in [0.25, 0.3) is 5.91 Å². The summed E-state index contributed by atoms with van der Waals surface area (Å²) in [5.41, 5.74) is 16.0. The van der Waals surface area contributed by atoms with Crippen molar-refractivity contribution < 1.29 is 14.7 Å². The Morgan fingerprint density at radius 1 is 1.08 bits per heavy atom. The Bertz CT molecular complexity index is 1360. The van der Waals surface area contributed by atoms with Crippen LogP contribution >= 0.6 is 0 Å². The fourth-order valence-corrected chi connectivity index (χ4v) is 5.47. The lowest BCUT2D eigenvalue weighted by molar-refractivity contribution is 0.102. The molecule has 0 radical (unpaired) electrons. The molecule has 2 aliphatic heterocycles. The maximum Gasteiger partial charge on any atom is 0.404 e. The number of nitrogens with two attached hydrogens (primary N) is 2. The van der Waals surface area contributed by atoms with Crippen molar-refractivity contribution in [1.29, 1.82) is 0 Å². The van der Waals surface area contributed by atoms with Gasteiger partial charge in [0.15, 0.2) is 5.69 Å². The number of nitrogens with one attached hydrogen (secondary N) is 2. The number of likely N-dealkylation sites (N-methyl/N-ethyl adjacent to an activating group) is 1. The highest BCUT2D eigenvalue weighted by atomic mass is 16.4. The van der Waals surface area contributed by atoms with Crippen molar-refractivity contribution in [1.82, 2.24) is 20.2 Å². The highest BCUT2D eigenvalue weighted by Crippen LogP contribution is 2.30. The number of anilines is 4. The van der Waals surface area contributed by atoms with Gasteiger partial charge in [-0.05, 0) is 37.2 Å². The van der Waals surface area contributed by atoms with E-state index in [-0.39, 0.29) is 23.3 Å². The standard InChI is InChI=1S/C27H35N9O3/c1-16-14-36(15-20(29)24(16)33-27(38)39)23-5-6-30-13-22(23)32-26(37)25-19(28)11-17-3-4-18(12-21(17)31-25)35-9-7-34(2)8-10-35/h3-6,11-13,16,20,24,33H,7-10,14-15,28-29H2,1-2H3,(H,32,37)(H,38,39)/t16-,20+,24+/m1/s1. The van der Waals surface area contributed by atoms with Gasteiger partial charge >= 0.3 is 6.09 Å². The Labute approximate surface area is 227 Å². The zero-order chi connectivity index (χ0) is 27.7. The van der Waals surface area contributed by atoms with Crippen LogP contribution in [0.1, 0.15) is 17.4 Å². The van der Waals surface area contributed by atoms with Gasteiger partial charge in [-0.2, -0.15) is 0 Å². The van der Waals surface area contributed by atoms with Crippen LogP contribution < -0.4 is 31.9 Å². The maximum atomic E-state index is 13.4. The van der Waals surface area contributed by atoms with Crippen molar-refractivity contribution in [2.45, 2.75) is 19.0 Å². The normalized spacial score (nSPS) is 22.1. The number of piperidine rings is 1. The van der Waals surface area contributed by atoms with Crippen LogP contribution in [-0.2, 0) is 0 Å². The Morgan fingerprint density at radius 2 is 1.85 bits per heavy atom. The lowest BCUT2D eigenvalue weighted by atomic mass is 9.90. The van der Waals surface area contributed by atoms with E-state index in [0.29, 0.717) is 24.3 Å². The minimum atomic E-state index is -1.09. The molecule has 0 spiro atoms. The van der Waals surface area contributed by atoms with Crippen molar-refractivity contribution in [3.8, 4) is 0 Å². The van der Waals surface area contributed by atoms with Gasteiger partial charge in [0.1, 0.15) is 0 Å². The van der Waals surface area contributed by atoms with Crippen molar-refractivity contribution in [2.75, 3.05) is 67.2 Å². The average molecular weight is 534 g/mol. The summed E-state index contributed by atoms with van der Waals surface area (Å²) in [7, 11) is 2.12. The topological polar surface area (TPSA) is 166 Å². The SMILES string of the molecule is C[C@@H]1CN(c2ccncc2NC(=O)c2nc3cc(N4CCN(C)CC4)ccc3cc2N)C[C@H](N)[C@H]1NC(=O)O. The molecule has 4 heterocycles. The van der Waals surface area contributed by atoms with Crippen molar-refractivity contribution in [3.05, 3.63) is 48.4 Å². The Balaban J connectivity index is 1.37. The van der Waals surface area contributed by atoms with Crippen LogP contribution in [0, 0.1) is 5.92 Å². The molecule has 3 aromatic rings.